The van der Waals surface area contributed by atoms with E-state index >= 15 is 0 Å². The minimum Gasteiger partial charge on any atom is -0.333 e. The van der Waals surface area contributed by atoms with Crippen LogP contribution in [0.25, 0.3) is 0 Å². The zero-order chi connectivity index (χ0) is 13.3. The third kappa shape index (κ3) is 2.60. The molecule has 1 fully saturated rings. The number of allylic oxidation sites excluding steroid dienone is 3. The van der Waals surface area contributed by atoms with Crippen molar-refractivity contribution in [3.05, 3.63) is 23.8 Å². The van der Waals surface area contributed by atoms with Crippen molar-refractivity contribution in [1.82, 2.24) is 4.90 Å². The largest absolute Gasteiger partial charge is 0.333 e. The van der Waals surface area contributed by atoms with Crippen molar-refractivity contribution in [2.75, 3.05) is 6.54 Å². The topological polar surface area (TPSA) is 20.3 Å². The van der Waals surface area contributed by atoms with Crippen LogP contribution in [0.5, 0.6) is 0 Å². The number of piperidine rings is 1. The molecule has 0 aromatic carbocycles. The van der Waals surface area contributed by atoms with Crippen LogP contribution in [-0.2, 0) is 4.79 Å². The monoisotopic (exact) mass is 287 g/mol. The van der Waals surface area contributed by atoms with Gasteiger partial charge < -0.3 is 4.90 Å². The summed E-state index contributed by atoms with van der Waals surface area (Å²) in [6.07, 6.45) is 8.55. The standard InChI is InChI=1S/C14H19Cl2NO/c1-9(2)12-11-6-4-3-5-10(11)7-8-17(12)14(18)13(15)16/h3-4,6,9-10,12-13H,5,7-8H2,1-2H3. The predicted molar refractivity (Wildman–Crippen MR) is 75.8 cm³/mol. The quantitative estimate of drug-likeness (QED) is 0.712. The van der Waals surface area contributed by atoms with E-state index in [0.29, 0.717) is 11.8 Å². The maximum absolute atomic E-state index is 12.1. The van der Waals surface area contributed by atoms with Crippen LogP contribution in [0.2, 0.25) is 0 Å². The number of halogens is 2. The van der Waals surface area contributed by atoms with Crippen LogP contribution in [0.1, 0.15) is 26.7 Å². The molecule has 1 aliphatic heterocycles. The van der Waals surface area contributed by atoms with Crippen LogP contribution in [0.15, 0.2) is 23.8 Å². The van der Waals surface area contributed by atoms with Crippen molar-refractivity contribution >= 4 is 29.1 Å². The van der Waals surface area contributed by atoms with Crippen molar-refractivity contribution in [2.24, 2.45) is 11.8 Å². The Labute approximate surface area is 119 Å². The Bertz CT molecular complexity index is 387. The van der Waals surface area contributed by atoms with E-state index in [-0.39, 0.29) is 11.9 Å². The van der Waals surface area contributed by atoms with E-state index in [0.717, 1.165) is 19.4 Å². The van der Waals surface area contributed by atoms with E-state index in [4.69, 9.17) is 23.2 Å². The molecule has 1 heterocycles. The normalized spacial score (nSPS) is 27.4. The van der Waals surface area contributed by atoms with E-state index in [1.165, 1.54) is 5.57 Å². The summed E-state index contributed by atoms with van der Waals surface area (Å²) in [5.74, 6) is 0.795. The number of likely N-dealkylation sites (tertiary alicyclic amines) is 1. The first-order valence-corrected chi connectivity index (χ1v) is 7.35. The van der Waals surface area contributed by atoms with Gasteiger partial charge in [0.05, 0.1) is 6.04 Å². The molecule has 2 unspecified atom stereocenters. The highest BCUT2D eigenvalue weighted by molar-refractivity contribution is 6.53. The fourth-order valence-corrected chi connectivity index (χ4v) is 3.30. The smallest absolute Gasteiger partial charge is 0.256 e. The van der Waals surface area contributed by atoms with Gasteiger partial charge in [-0.15, -0.1) is 0 Å². The number of amides is 1. The Morgan fingerprint density at radius 1 is 1.44 bits per heavy atom. The van der Waals surface area contributed by atoms with E-state index in [1.54, 1.807) is 0 Å². The molecule has 0 N–H and O–H groups in total. The highest BCUT2D eigenvalue weighted by atomic mass is 35.5. The molecule has 0 bridgehead atoms. The van der Waals surface area contributed by atoms with Gasteiger partial charge in [0.2, 0.25) is 0 Å². The Hall–Kier alpha value is -0.470. The number of fused-ring (bicyclic) bond motifs is 1. The van der Waals surface area contributed by atoms with E-state index < -0.39 is 4.84 Å². The lowest BCUT2D eigenvalue weighted by atomic mass is 9.77. The first-order valence-electron chi connectivity index (χ1n) is 6.47. The first-order chi connectivity index (χ1) is 8.52. The molecule has 0 aromatic heterocycles. The Balaban J connectivity index is 2.29. The molecule has 1 saturated heterocycles. The summed E-state index contributed by atoms with van der Waals surface area (Å²) < 4.78 is 0. The second kappa shape index (κ2) is 5.66. The number of alkyl halides is 2. The average Bonchev–Trinajstić information content (AvgIpc) is 2.36. The second-order valence-corrected chi connectivity index (χ2v) is 6.43. The molecule has 0 aromatic rings. The number of hydrogen-bond donors (Lipinski definition) is 0. The third-order valence-electron chi connectivity index (χ3n) is 3.81. The van der Waals surface area contributed by atoms with Crippen molar-refractivity contribution in [2.45, 2.75) is 37.6 Å². The number of nitrogens with zero attached hydrogens (tertiary/aromatic N) is 1. The molecule has 0 spiro atoms. The molecule has 0 saturated carbocycles. The highest BCUT2D eigenvalue weighted by Crippen LogP contribution is 2.37. The van der Waals surface area contributed by atoms with E-state index in [2.05, 4.69) is 32.1 Å². The van der Waals surface area contributed by atoms with Crippen LogP contribution in [0, 0.1) is 11.8 Å². The van der Waals surface area contributed by atoms with Crippen LogP contribution < -0.4 is 0 Å². The SMILES string of the molecule is CC(C)C1C2=CC=CCC2CCN1C(=O)C(Cl)Cl. The number of hydrogen-bond acceptors (Lipinski definition) is 1. The molecule has 2 nitrogen and oxygen atoms in total. The minimum absolute atomic E-state index is 0.140. The lowest BCUT2D eigenvalue weighted by Crippen LogP contribution is -2.52. The summed E-state index contributed by atoms with van der Waals surface area (Å²) in [5, 5.41) is 0. The zero-order valence-electron chi connectivity index (χ0n) is 10.8. The molecule has 1 amide bonds. The molecule has 18 heavy (non-hydrogen) atoms. The van der Waals surface area contributed by atoms with Gasteiger partial charge in [0, 0.05) is 6.54 Å². The fourth-order valence-electron chi connectivity index (χ4n) is 3.05. The molecule has 2 atom stereocenters. The van der Waals surface area contributed by atoms with Crippen molar-refractivity contribution in [3.63, 3.8) is 0 Å². The van der Waals surface area contributed by atoms with Gasteiger partial charge in [-0.25, -0.2) is 0 Å². The summed E-state index contributed by atoms with van der Waals surface area (Å²) in [5.41, 5.74) is 1.36. The predicted octanol–water partition coefficient (Wildman–Crippen LogP) is 3.55. The van der Waals surface area contributed by atoms with Gasteiger partial charge in [-0.3, -0.25) is 4.79 Å². The van der Waals surface area contributed by atoms with Gasteiger partial charge in [0.25, 0.3) is 5.91 Å². The van der Waals surface area contributed by atoms with Gasteiger partial charge in [-0.1, -0.05) is 55.3 Å². The number of rotatable bonds is 2. The number of carbonyl (C=O) groups is 1. The molecule has 1 aliphatic carbocycles. The van der Waals surface area contributed by atoms with Crippen LogP contribution in [0.4, 0.5) is 0 Å². The average molecular weight is 288 g/mol. The molecule has 0 radical (unpaired) electrons. The third-order valence-corrected chi connectivity index (χ3v) is 4.19. The van der Waals surface area contributed by atoms with Crippen molar-refractivity contribution < 1.29 is 4.79 Å². The minimum atomic E-state index is -0.956. The van der Waals surface area contributed by atoms with Gasteiger partial charge in [0.15, 0.2) is 4.84 Å². The first kappa shape index (κ1) is 14.0. The molecule has 100 valence electrons. The van der Waals surface area contributed by atoms with Gasteiger partial charge in [-0.2, -0.15) is 0 Å². The van der Waals surface area contributed by atoms with Crippen LogP contribution in [-0.4, -0.2) is 28.2 Å². The van der Waals surface area contributed by atoms with Gasteiger partial charge in [0.1, 0.15) is 0 Å². The number of carbonyl (C=O) groups excluding carboxylic acids is 1. The van der Waals surface area contributed by atoms with Gasteiger partial charge >= 0.3 is 0 Å². The molecular weight excluding hydrogens is 269 g/mol. The Morgan fingerprint density at radius 3 is 2.78 bits per heavy atom. The summed E-state index contributed by atoms with van der Waals surface area (Å²) in [4.78, 5) is 13.0. The lowest BCUT2D eigenvalue weighted by Gasteiger charge is -2.44. The maximum Gasteiger partial charge on any atom is 0.256 e. The summed E-state index contributed by atoms with van der Waals surface area (Å²) in [6.45, 7) is 5.04. The van der Waals surface area contributed by atoms with E-state index in [9.17, 15) is 4.79 Å². The Morgan fingerprint density at radius 2 is 2.17 bits per heavy atom. The second-order valence-electron chi connectivity index (χ2n) is 5.34. The van der Waals surface area contributed by atoms with Crippen molar-refractivity contribution in [1.29, 1.82) is 0 Å². The molecular formula is C14H19Cl2NO. The fraction of sp³-hybridized carbons (Fsp3) is 0.643. The zero-order valence-corrected chi connectivity index (χ0v) is 12.3. The molecule has 2 aliphatic rings. The molecule has 2 rings (SSSR count). The lowest BCUT2D eigenvalue weighted by molar-refractivity contribution is -0.133. The summed E-state index contributed by atoms with van der Waals surface area (Å²) in [7, 11) is 0. The van der Waals surface area contributed by atoms with Crippen molar-refractivity contribution in [3.8, 4) is 0 Å². The van der Waals surface area contributed by atoms with Crippen LogP contribution in [0.3, 0.4) is 0 Å². The maximum atomic E-state index is 12.1. The van der Waals surface area contributed by atoms with Gasteiger partial charge in [-0.05, 0) is 30.3 Å². The summed E-state index contributed by atoms with van der Waals surface area (Å²) >= 11 is 11.5. The van der Waals surface area contributed by atoms with Crippen LogP contribution >= 0.6 is 23.2 Å². The Kier molecular flexibility index (Phi) is 4.39. The molecule has 4 heteroatoms. The van der Waals surface area contributed by atoms with E-state index in [1.807, 2.05) is 4.90 Å². The highest BCUT2D eigenvalue weighted by Gasteiger charge is 2.38. The summed E-state index contributed by atoms with van der Waals surface area (Å²) in [6, 6.07) is 0.140.